The van der Waals surface area contributed by atoms with Gasteiger partial charge in [-0.25, -0.2) is 4.99 Å². The summed E-state index contributed by atoms with van der Waals surface area (Å²) in [5.74, 6) is 0.162. The molecule has 0 aliphatic heterocycles. The van der Waals surface area contributed by atoms with E-state index in [0.29, 0.717) is 18.1 Å². The zero-order valence-electron chi connectivity index (χ0n) is 13.9. The van der Waals surface area contributed by atoms with Crippen LogP contribution < -0.4 is 10.6 Å². The van der Waals surface area contributed by atoms with Crippen LogP contribution >= 0.6 is 15.9 Å². The zero-order valence-corrected chi connectivity index (χ0v) is 15.5. The second kappa shape index (κ2) is 8.92. The van der Waals surface area contributed by atoms with E-state index in [-0.39, 0.29) is 5.91 Å². The topological polar surface area (TPSA) is 66.4 Å². The predicted molar refractivity (Wildman–Crippen MR) is 107 cm³/mol. The van der Waals surface area contributed by atoms with Gasteiger partial charge in [-0.15, -0.1) is 0 Å². The number of nitrogens with one attached hydrogen (secondary N) is 2. The summed E-state index contributed by atoms with van der Waals surface area (Å²) in [5.41, 5.74) is 2.39. The maximum Gasteiger partial charge on any atom is 0.257 e. The summed E-state index contributed by atoms with van der Waals surface area (Å²) in [4.78, 5) is 21.0. The summed E-state index contributed by atoms with van der Waals surface area (Å²) >= 11 is 3.44. The number of hydrogen-bond acceptors (Lipinski definition) is 3. The fourth-order valence-corrected chi connectivity index (χ4v) is 2.64. The average molecular weight is 409 g/mol. The average Bonchev–Trinajstić information content (AvgIpc) is 2.67. The molecule has 6 heteroatoms. The monoisotopic (exact) mass is 408 g/mol. The van der Waals surface area contributed by atoms with Gasteiger partial charge in [-0.05, 0) is 48.0 Å². The van der Waals surface area contributed by atoms with Crippen molar-refractivity contribution < 1.29 is 4.79 Å². The highest BCUT2D eigenvalue weighted by atomic mass is 79.9. The molecule has 0 spiro atoms. The van der Waals surface area contributed by atoms with E-state index in [9.17, 15) is 4.79 Å². The van der Waals surface area contributed by atoms with Gasteiger partial charge in [0.2, 0.25) is 5.96 Å². The van der Waals surface area contributed by atoms with Crippen molar-refractivity contribution in [3.8, 4) is 0 Å². The van der Waals surface area contributed by atoms with Gasteiger partial charge in [0, 0.05) is 28.1 Å². The molecule has 0 saturated heterocycles. The molecule has 0 saturated carbocycles. The lowest BCUT2D eigenvalue weighted by Gasteiger charge is -2.12. The van der Waals surface area contributed by atoms with Crippen molar-refractivity contribution in [1.29, 1.82) is 0 Å². The number of carbonyl (C=O) groups is 1. The highest BCUT2D eigenvalue weighted by Crippen LogP contribution is 2.15. The van der Waals surface area contributed by atoms with Gasteiger partial charge in [0.1, 0.15) is 0 Å². The van der Waals surface area contributed by atoms with Crippen molar-refractivity contribution in [2.75, 3.05) is 5.32 Å². The maximum atomic E-state index is 12.5. The zero-order chi connectivity index (χ0) is 18.2. The molecule has 0 aliphatic carbocycles. The van der Waals surface area contributed by atoms with Gasteiger partial charge in [0.25, 0.3) is 5.91 Å². The molecule has 130 valence electrons. The maximum absolute atomic E-state index is 12.5. The molecule has 26 heavy (non-hydrogen) atoms. The number of aromatic nitrogens is 1. The van der Waals surface area contributed by atoms with Crippen LogP contribution in [0.3, 0.4) is 0 Å². The van der Waals surface area contributed by atoms with Crippen molar-refractivity contribution >= 4 is 33.5 Å². The molecule has 0 fully saturated rings. The lowest BCUT2D eigenvalue weighted by molar-refractivity contribution is 0.0977. The Bertz CT molecular complexity index is 898. The number of pyridine rings is 1. The summed E-state index contributed by atoms with van der Waals surface area (Å²) in [6, 6.07) is 20.5. The quantitative estimate of drug-likeness (QED) is 0.500. The van der Waals surface area contributed by atoms with E-state index < -0.39 is 0 Å². The van der Waals surface area contributed by atoms with Gasteiger partial charge < -0.3 is 5.32 Å². The summed E-state index contributed by atoms with van der Waals surface area (Å²) in [5, 5.41) is 6.00. The van der Waals surface area contributed by atoms with Gasteiger partial charge in [0.05, 0.1) is 6.54 Å². The molecule has 3 aromatic rings. The molecule has 2 N–H and O–H groups in total. The highest BCUT2D eigenvalue weighted by Gasteiger charge is 2.09. The number of hydrogen-bond donors (Lipinski definition) is 2. The summed E-state index contributed by atoms with van der Waals surface area (Å²) in [6.07, 6.45) is 3.43. The van der Waals surface area contributed by atoms with Crippen LogP contribution in [-0.4, -0.2) is 16.9 Å². The molecule has 1 aromatic heterocycles. The summed E-state index contributed by atoms with van der Waals surface area (Å²) < 4.78 is 0.936. The SMILES string of the molecule is O=C(NC(=NCc1ccncc1)Nc1cccc(Br)c1)c1ccccc1. The van der Waals surface area contributed by atoms with Gasteiger partial charge in [0.15, 0.2) is 0 Å². The Labute approximate surface area is 160 Å². The van der Waals surface area contributed by atoms with Gasteiger partial charge in [-0.1, -0.05) is 40.2 Å². The third-order valence-electron chi connectivity index (χ3n) is 3.52. The van der Waals surface area contributed by atoms with Crippen molar-refractivity contribution in [2.45, 2.75) is 6.54 Å². The minimum Gasteiger partial charge on any atom is -0.326 e. The fraction of sp³-hybridized carbons (Fsp3) is 0.0500. The first-order valence-corrected chi connectivity index (χ1v) is 8.82. The number of carbonyl (C=O) groups excluding carboxylic acids is 1. The predicted octanol–water partition coefficient (Wildman–Crippen LogP) is 4.24. The van der Waals surface area contributed by atoms with Gasteiger partial charge in [-0.2, -0.15) is 0 Å². The molecular formula is C20H17BrN4O. The molecule has 0 atom stereocenters. The first-order valence-electron chi connectivity index (χ1n) is 8.03. The standard InChI is InChI=1S/C20H17BrN4O/c21-17-7-4-8-18(13-17)24-20(23-14-15-9-11-22-12-10-15)25-19(26)16-5-2-1-3-6-16/h1-13H,14H2,(H2,23,24,25,26). The van der Waals surface area contributed by atoms with Crippen molar-refractivity contribution in [3.63, 3.8) is 0 Å². The smallest absolute Gasteiger partial charge is 0.257 e. The Balaban J connectivity index is 1.79. The van der Waals surface area contributed by atoms with E-state index in [4.69, 9.17) is 0 Å². The normalized spacial score (nSPS) is 11.0. The van der Waals surface area contributed by atoms with Crippen molar-refractivity contribution in [3.05, 3.63) is 94.7 Å². The molecule has 2 aromatic carbocycles. The number of rotatable bonds is 4. The van der Waals surface area contributed by atoms with E-state index in [1.54, 1.807) is 24.5 Å². The van der Waals surface area contributed by atoms with Crippen LogP contribution in [0.1, 0.15) is 15.9 Å². The van der Waals surface area contributed by atoms with Gasteiger partial charge in [-0.3, -0.25) is 15.1 Å². The first-order chi connectivity index (χ1) is 12.7. The molecule has 5 nitrogen and oxygen atoms in total. The number of aliphatic imine (C=N–C) groups is 1. The number of anilines is 1. The minimum atomic E-state index is -0.221. The highest BCUT2D eigenvalue weighted by molar-refractivity contribution is 9.10. The molecule has 1 heterocycles. The molecule has 0 aliphatic rings. The van der Waals surface area contributed by atoms with Crippen LogP contribution in [0.4, 0.5) is 5.69 Å². The second-order valence-corrected chi connectivity index (χ2v) is 6.39. The van der Waals surface area contributed by atoms with Crippen molar-refractivity contribution in [1.82, 2.24) is 10.3 Å². The summed E-state index contributed by atoms with van der Waals surface area (Å²) in [7, 11) is 0. The van der Waals surface area contributed by atoms with Crippen LogP contribution in [0, 0.1) is 0 Å². The number of guanidine groups is 1. The first kappa shape index (κ1) is 17.8. The Kier molecular flexibility index (Phi) is 6.11. The largest absolute Gasteiger partial charge is 0.326 e. The van der Waals surface area contributed by atoms with Crippen LogP contribution in [-0.2, 0) is 6.54 Å². The lowest BCUT2D eigenvalue weighted by atomic mass is 10.2. The Morgan fingerprint density at radius 3 is 2.50 bits per heavy atom. The molecule has 0 radical (unpaired) electrons. The van der Waals surface area contributed by atoms with Crippen LogP contribution in [0.5, 0.6) is 0 Å². The molecule has 0 bridgehead atoms. The van der Waals surface area contributed by atoms with Crippen LogP contribution in [0.25, 0.3) is 0 Å². The van der Waals surface area contributed by atoms with E-state index in [0.717, 1.165) is 15.7 Å². The third kappa shape index (κ3) is 5.26. The number of halogens is 1. The number of nitrogens with zero attached hydrogens (tertiary/aromatic N) is 2. The Hall–Kier alpha value is -2.99. The van der Waals surface area contributed by atoms with Crippen LogP contribution in [0.15, 0.2) is 88.6 Å². The number of amides is 1. The lowest BCUT2D eigenvalue weighted by Crippen LogP contribution is -2.36. The third-order valence-corrected chi connectivity index (χ3v) is 4.02. The Morgan fingerprint density at radius 1 is 1.00 bits per heavy atom. The Morgan fingerprint density at radius 2 is 1.77 bits per heavy atom. The fourth-order valence-electron chi connectivity index (χ4n) is 2.24. The van der Waals surface area contributed by atoms with Gasteiger partial charge >= 0.3 is 0 Å². The van der Waals surface area contributed by atoms with Crippen LogP contribution in [0.2, 0.25) is 0 Å². The van der Waals surface area contributed by atoms with E-state index in [1.165, 1.54) is 0 Å². The minimum absolute atomic E-state index is 0.221. The molecular weight excluding hydrogens is 392 g/mol. The molecule has 3 rings (SSSR count). The van der Waals surface area contributed by atoms with Crippen molar-refractivity contribution in [2.24, 2.45) is 4.99 Å². The molecule has 1 amide bonds. The number of benzene rings is 2. The van der Waals surface area contributed by atoms with E-state index >= 15 is 0 Å². The molecule has 0 unspecified atom stereocenters. The van der Waals surface area contributed by atoms with E-state index in [1.807, 2.05) is 54.6 Å². The summed E-state index contributed by atoms with van der Waals surface area (Å²) in [6.45, 7) is 0.425. The van der Waals surface area contributed by atoms with E-state index in [2.05, 4.69) is 36.5 Å². The second-order valence-electron chi connectivity index (χ2n) is 5.48.